The molecule has 3 nitrogen and oxygen atoms in total. The maximum absolute atomic E-state index is 10.0. The van der Waals surface area contributed by atoms with E-state index in [0.29, 0.717) is 0 Å². The molecule has 0 atom stereocenters. The number of halogens is 1. The first kappa shape index (κ1) is 21.2. The third kappa shape index (κ3) is 6.91. The van der Waals surface area contributed by atoms with E-state index in [2.05, 4.69) is 39.1 Å². The fourth-order valence-electron chi connectivity index (χ4n) is 2.10. The first-order valence-electron chi connectivity index (χ1n) is 7.37. The summed E-state index contributed by atoms with van der Waals surface area (Å²) in [5, 5.41) is 9.52. The molecule has 0 aliphatic rings. The predicted octanol–water partition coefficient (Wildman–Crippen LogP) is 5.50. The molecule has 3 rings (SSSR count). The van der Waals surface area contributed by atoms with E-state index < -0.39 is 0 Å². The van der Waals surface area contributed by atoms with E-state index in [1.165, 1.54) is 19.9 Å². The van der Waals surface area contributed by atoms with Gasteiger partial charge in [0.05, 0.1) is 11.3 Å². The average molecular weight is 575 g/mol. The minimum Gasteiger partial charge on any atom is -0.512 e. The molecule has 25 heavy (non-hydrogen) atoms. The summed E-state index contributed by atoms with van der Waals surface area (Å²) < 4.78 is 1.04. The van der Waals surface area contributed by atoms with Gasteiger partial charge < -0.3 is 5.11 Å². The molecule has 1 aromatic heterocycles. The molecule has 0 spiro atoms. The Hall–Kier alpha value is -1.81. The molecule has 5 heteroatoms. The third-order valence-electron chi connectivity index (χ3n) is 3.05. The van der Waals surface area contributed by atoms with Crippen LogP contribution in [0, 0.1) is 6.07 Å². The van der Waals surface area contributed by atoms with Crippen LogP contribution in [-0.4, -0.2) is 15.9 Å². The summed E-state index contributed by atoms with van der Waals surface area (Å²) in [6, 6.07) is 21.3. The van der Waals surface area contributed by atoms with Crippen LogP contribution in [0.1, 0.15) is 13.8 Å². The Balaban J connectivity index is 0.000000339. The SMILES string of the molecule is Brc1cc[c-]c(-c2ccc3ccccc3n2)c1.CC(=O)C=C(C)O.[Ir]. The van der Waals surface area contributed by atoms with Gasteiger partial charge in [-0.05, 0) is 31.0 Å². The second-order valence-corrected chi connectivity index (χ2v) is 6.12. The van der Waals surface area contributed by atoms with Gasteiger partial charge in [0, 0.05) is 26.2 Å². The van der Waals surface area contributed by atoms with Crippen molar-refractivity contribution in [1.29, 1.82) is 0 Å². The maximum atomic E-state index is 10.0. The van der Waals surface area contributed by atoms with E-state index in [-0.39, 0.29) is 31.6 Å². The minimum atomic E-state index is -0.125. The van der Waals surface area contributed by atoms with E-state index in [0.717, 1.165) is 26.6 Å². The molecule has 1 heterocycles. The zero-order chi connectivity index (χ0) is 17.5. The number of allylic oxidation sites excluding steroid dienone is 2. The van der Waals surface area contributed by atoms with E-state index >= 15 is 0 Å². The van der Waals surface area contributed by atoms with Crippen molar-refractivity contribution in [2.45, 2.75) is 13.8 Å². The van der Waals surface area contributed by atoms with Crippen LogP contribution in [0.4, 0.5) is 0 Å². The summed E-state index contributed by atoms with van der Waals surface area (Å²) in [5.41, 5.74) is 2.97. The van der Waals surface area contributed by atoms with Crippen LogP contribution in [0.2, 0.25) is 0 Å². The molecular weight excluding hydrogens is 558 g/mol. The summed E-state index contributed by atoms with van der Waals surface area (Å²) >= 11 is 3.46. The summed E-state index contributed by atoms with van der Waals surface area (Å²) in [6.45, 7) is 2.85. The van der Waals surface area contributed by atoms with Gasteiger partial charge in [0.2, 0.25) is 0 Å². The second kappa shape index (κ2) is 10.2. The summed E-state index contributed by atoms with van der Waals surface area (Å²) in [4.78, 5) is 14.7. The van der Waals surface area contributed by atoms with E-state index in [4.69, 9.17) is 5.11 Å². The molecule has 2 aromatic carbocycles. The van der Waals surface area contributed by atoms with Crippen molar-refractivity contribution in [2.24, 2.45) is 0 Å². The summed E-state index contributed by atoms with van der Waals surface area (Å²) in [5.74, 6) is -0.0625. The average Bonchev–Trinajstić information content (AvgIpc) is 2.54. The van der Waals surface area contributed by atoms with Gasteiger partial charge in [-0.1, -0.05) is 50.7 Å². The number of hydrogen-bond donors (Lipinski definition) is 1. The number of nitrogens with zero attached hydrogens (tertiary/aromatic N) is 1. The molecule has 1 radical (unpaired) electrons. The van der Waals surface area contributed by atoms with Crippen molar-refractivity contribution >= 4 is 32.6 Å². The molecular formula is C20H17BrIrNO2-. The molecule has 0 aliphatic heterocycles. The number of ketones is 1. The molecule has 0 aliphatic carbocycles. The van der Waals surface area contributed by atoms with Crippen LogP contribution in [-0.2, 0) is 24.9 Å². The van der Waals surface area contributed by atoms with Gasteiger partial charge in [-0.15, -0.1) is 29.8 Å². The topological polar surface area (TPSA) is 50.2 Å². The van der Waals surface area contributed by atoms with Crippen LogP contribution in [0.5, 0.6) is 0 Å². The Morgan fingerprint density at radius 1 is 1.16 bits per heavy atom. The predicted molar refractivity (Wildman–Crippen MR) is 101 cm³/mol. The minimum absolute atomic E-state index is 0. The van der Waals surface area contributed by atoms with Crippen molar-refractivity contribution in [3.8, 4) is 11.3 Å². The third-order valence-corrected chi connectivity index (χ3v) is 3.54. The number of hydrogen-bond acceptors (Lipinski definition) is 3. The number of benzene rings is 2. The zero-order valence-electron chi connectivity index (χ0n) is 13.8. The van der Waals surface area contributed by atoms with Gasteiger partial charge in [-0.2, -0.15) is 0 Å². The number of fused-ring (bicyclic) bond motifs is 1. The second-order valence-electron chi connectivity index (χ2n) is 5.21. The van der Waals surface area contributed by atoms with Crippen LogP contribution in [0.3, 0.4) is 0 Å². The first-order chi connectivity index (χ1) is 11.5. The molecule has 0 unspecified atom stereocenters. The van der Waals surface area contributed by atoms with Gasteiger partial charge in [-0.25, -0.2) is 0 Å². The van der Waals surface area contributed by atoms with Gasteiger partial charge >= 0.3 is 0 Å². The summed E-state index contributed by atoms with van der Waals surface area (Å²) in [6.07, 6.45) is 1.17. The van der Waals surface area contributed by atoms with Gasteiger partial charge in [0.15, 0.2) is 5.78 Å². The number of carbonyl (C=O) groups is 1. The molecule has 0 fully saturated rings. The molecule has 0 saturated carbocycles. The van der Waals surface area contributed by atoms with Crippen molar-refractivity contribution in [3.63, 3.8) is 0 Å². The number of carbonyl (C=O) groups excluding carboxylic acids is 1. The number of pyridine rings is 1. The van der Waals surface area contributed by atoms with Gasteiger partial charge in [0.25, 0.3) is 0 Å². The van der Waals surface area contributed by atoms with Gasteiger partial charge in [0.1, 0.15) is 0 Å². The Morgan fingerprint density at radius 2 is 1.88 bits per heavy atom. The molecule has 131 valence electrons. The number of aliphatic hydroxyl groups is 1. The monoisotopic (exact) mass is 575 g/mol. The van der Waals surface area contributed by atoms with Crippen LogP contribution < -0.4 is 0 Å². The van der Waals surface area contributed by atoms with Crippen molar-refractivity contribution in [1.82, 2.24) is 4.98 Å². The smallest absolute Gasteiger partial charge is 0.155 e. The molecule has 0 bridgehead atoms. The van der Waals surface area contributed by atoms with Crippen LogP contribution >= 0.6 is 15.9 Å². The van der Waals surface area contributed by atoms with Gasteiger partial charge in [-0.3, -0.25) is 9.78 Å². The Morgan fingerprint density at radius 3 is 2.48 bits per heavy atom. The number of rotatable bonds is 2. The van der Waals surface area contributed by atoms with Crippen molar-refractivity contribution in [3.05, 3.63) is 77.0 Å². The maximum Gasteiger partial charge on any atom is 0.155 e. The fourth-order valence-corrected chi connectivity index (χ4v) is 2.46. The van der Waals surface area contributed by atoms with E-state index in [1.807, 2.05) is 42.5 Å². The molecule has 0 saturated heterocycles. The Bertz CT molecular complexity index is 890. The number of para-hydroxylation sites is 1. The standard InChI is InChI=1S/C15H9BrN.C5H8O2.Ir/c16-13-6-3-5-12(10-13)15-9-8-11-4-1-2-7-14(11)17-15;1-4(6)3-5(2)7;/h1-4,6-10H;3,6H,1-2H3;/q-1;;. The van der Waals surface area contributed by atoms with E-state index in [9.17, 15) is 4.79 Å². The van der Waals surface area contributed by atoms with Crippen molar-refractivity contribution < 1.29 is 30.0 Å². The Labute approximate surface area is 169 Å². The largest absolute Gasteiger partial charge is 0.512 e. The zero-order valence-corrected chi connectivity index (χ0v) is 17.8. The van der Waals surface area contributed by atoms with Crippen molar-refractivity contribution in [2.75, 3.05) is 0 Å². The van der Waals surface area contributed by atoms with Crippen LogP contribution in [0.15, 0.2) is 70.9 Å². The number of aliphatic hydroxyl groups excluding tert-OH is 1. The quantitative estimate of drug-likeness (QED) is 0.250. The Kier molecular flexibility index (Phi) is 8.70. The molecule has 1 N–H and O–H groups in total. The fraction of sp³-hybridized carbons (Fsp3) is 0.100. The number of aromatic nitrogens is 1. The summed E-state index contributed by atoms with van der Waals surface area (Å²) in [7, 11) is 0. The molecule has 0 amide bonds. The normalized spacial score (nSPS) is 10.4. The first-order valence-corrected chi connectivity index (χ1v) is 8.16. The van der Waals surface area contributed by atoms with E-state index in [1.54, 1.807) is 0 Å². The van der Waals surface area contributed by atoms with Crippen LogP contribution in [0.25, 0.3) is 22.2 Å². The molecule has 3 aromatic rings.